The normalized spacial score (nSPS) is 10.2. The van der Waals surface area contributed by atoms with Crippen molar-refractivity contribution < 1.29 is 4.74 Å². The number of ether oxygens (including phenoxy) is 1. The first-order valence-electron chi connectivity index (χ1n) is 7.51. The Labute approximate surface area is 146 Å². The third-order valence-electron chi connectivity index (χ3n) is 3.44. The van der Waals surface area contributed by atoms with E-state index in [2.05, 4.69) is 27.9 Å². The number of benzene rings is 2. The molecule has 0 unspecified atom stereocenters. The Kier molecular flexibility index (Phi) is 5.08. The second-order valence-corrected chi connectivity index (χ2v) is 5.62. The molecule has 0 aliphatic heterocycles. The zero-order chi connectivity index (χ0) is 16.8. The molecular formula is C18H18N4OS. The highest BCUT2D eigenvalue weighted by atomic mass is 32.1. The Morgan fingerprint density at radius 2 is 1.88 bits per heavy atom. The van der Waals surface area contributed by atoms with Crippen molar-refractivity contribution in [1.82, 2.24) is 9.78 Å². The third kappa shape index (κ3) is 4.33. The Bertz CT molecular complexity index is 800. The summed E-state index contributed by atoms with van der Waals surface area (Å²) in [5.74, 6) is 0.811. The van der Waals surface area contributed by atoms with Gasteiger partial charge in [-0.2, -0.15) is 5.10 Å². The smallest absolute Gasteiger partial charge is 0.175 e. The van der Waals surface area contributed by atoms with E-state index in [1.807, 2.05) is 53.3 Å². The summed E-state index contributed by atoms with van der Waals surface area (Å²) in [6.45, 7) is 0.723. The zero-order valence-electron chi connectivity index (χ0n) is 13.3. The molecule has 0 amide bonds. The highest BCUT2D eigenvalue weighted by Crippen LogP contribution is 2.16. The quantitative estimate of drug-likeness (QED) is 0.694. The number of hydrogen-bond acceptors (Lipinski definition) is 3. The van der Waals surface area contributed by atoms with E-state index in [1.165, 1.54) is 0 Å². The molecule has 3 rings (SSSR count). The number of nitrogens with one attached hydrogen (secondary N) is 2. The number of thiocarbonyl (C=S) groups is 1. The van der Waals surface area contributed by atoms with Gasteiger partial charge in [0.1, 0.15) is 5.75 Å². The predicted octanol–water partition coefficient (Wildman–Crippen LogP) is 3.75. The summed E-state index contributed by atoms with van der Waals surface area (Å²) in [6, 6.07) is 17.6. The standard InChI is InChI=1S/C18H18N4OS/c1-23-17-8-6-15(7-9-17)20-18(24)21-16-5-2-4-14(12-16)13-22-11-3-10-19-22/h2-12H,13H2,1H3,(H2,20,21,24). The number of rotatable bonds is 5. The monoisotopic (exact) mass is 338 g/mol. The molecule has 0 spiro atoms. The molecular weight excluding hydrogens is 320 g/mol. The molecule has 1 aromatic heterocycles. The molecule has 24 heavy (non-hydrogen) atoms. The van der Waals surface area contributed by atoms with Crippen LogP contribution in [-0.4, -0.2) is 22.0 Å². The Morgan fingerprint density at radius 3 is 2.58 bits per heavy atom. The van der Waals surface area contributed by atoms with E-state index < -0.39 is 0 Å². The SMILES string of the molecule is COc1ccc(NC(=S)Nc2cccc(Cn3cccn3)c2)cc1. The lowest BCUT2D eigenvalue weighted by molar-refractivity contribution is 0.415. The van der Waals surface area contributed by atoms with Crippen LogP contribution in [0.1, 0.15) is 5.56 Å². The average molecular weight is 338 g/mol. The molecule has 0 bridgehead atoms. The molecule has 0 saturated heterocycles. The lowest BCUT2D eigenvalue weighted by atomic mass is 10.2. The van der Waals surface area contributed by atoms with E-state index in [4.69, 9.17) is 17.0 Å². The van der Waals surface area contributed by atoms with Gasteiger partial charge in [-0.25, -0.2) is 0 Å². The number of hydrogen-bond donors (Lipinski definition) is 2. The molecule has 0 radical (unpaired) electrons. The molecule has 2 aromatic carbocycles. The summed E-state index contributed by atoms with van der Waals surface area (Å²) in [5, 5.41) is 11.1. The molecule has 1 heterocycles. The van der Waals surface area contributed by atoms with Gasteiger partial charge < -0.3 is 15.4 Å². The summed E-state index contributed by atoms with van der Waals surface area (Å²) in [4.78, 5) is 0. The lowest BCUT2D eigenvalue weighted by Crippen LogP contribution is -2.19. The number of nitrogens with zero attached hydrogens (tertiary/aromatic N) is 2. The van der Waals surface area contributed by atoms with Crippen LogP contribution in [0.5, 0.6) is 5.75 Å². The molecule has 0 aliphatic carbocycles. The summed E-state index contributed by atoms with van der Waals surface area (Å²) in [5.41, 5.74) is 2.99. The third-order valence-corrected chi connectivity index (χ3v) is 3.64. The number of anilines is 2. The zero-order valence-corrected chi connectivity index (χ0v) is 14.1. The van der Waals surface area contributed by atoms with Crippen LogP contribution in [0.2, 0.25) is 0 Å². The average Bonchev–Trinajstić information content (AvgIpc) is 3.09. The van der Waals surface area contributed by atoms with Gasteiger partial charge >= 0.3 is 0 Å². The topological polar surface area (TPSA) is 51.1 Å². The maximum atomic E-state index is 5.37. The number of methoxy groups -OCH3 is 1. The maximum absolute atomic E-state index is 5.37. The fraction of sp³-hybridized carbons (Fsp3) is 0.111. The van der Waals surface area contributed by atoms with E-state index in [9.17, 15) is 0 Å². The van der Waals surface area contributed by atoms with Gasteiger partial charge in [0.2, 0.25) is 0 Å². The van der Waals surface area contributed by atoms with Crippen LogP contribution in [0.15, 0.2) is 67.0 Å². The van der Waals surface area contributed by atoms with Gasteiger partial charge in [0, 0.05) is 23.8 Å². The Balaban J connectivity index is 1.61. The second kappa shape index (κ2) is 7.61. The van der Waals surface area contributed by atoms with Crippen molar-refractivity contribution in [3.8, 4) is 5.75 Å². The maximum Gasteiger partial charge on any atom is 0.175 e. The van der Waals surface area contributed by atoms with Gasteiger partial charge in [-0.1, -0.05) is 12.1 Å². The van der Waals surface area contributed by atoms with Crippen LogP contribution in [0.4, 0.5) is 11.4 Å². The Hall–Kier alpha value is -2.86. The minimum absolute atomic E-state index is 0.538. The summed E-state index contributed by atoms with van der Waals surface area (Å²) >= 11 is 5.37. The first-order valence-corrected chi connectivity index (χ1v) is 7.92. The molecule has 0 fully saturated rings. The van der Waals surface area contributed by atoms with Crippen LogP contribution < -0.4 is 15.4 Å². The van der Waals surface area contributed by atoms with Crippen LogP contribution in [-0.2, 0) is 6.54 Å². The lowest BCUT2D eigenvalue weighted by Gasteiger charge is -2.12. The molecule has 3 aromatic rings. The molecule has 122 valence electrons. The van der Waals surface area contributed by atoms with Gasteiger partial charge in [0.15, 0.2) is 5.11 Å². The van der Waals surface area contributed by atoms with Crippen molar-refractivity contribution in [2.75, 3.05) is 17.7 Å². The van der Waals surface area contributed by atoms with Crippen molar-refractivity contribution in [3.63, 3.8) is 0 Å². The number of aromatic nitrogens is 2. The minimum atomic E-state index is 0.538. The molecule has 6 heteroatoms. The van der Waals surface area contributed by atoms with Gasteiger partial charge in [-0.15, -0.1) is 0 Å². The van der Waals surface area contributed by atoms with E-state index in [0.29, 0.717) is 5.11 Å². The predicted molar refractivity (Wildman–Crippen MR) is 101 cm³/mol. The fourth-order valence-corrected chi connectivity index (χ4v) is 2.53. The van der Waals surface area contributed by atoms with Crippen molar-refractivity contribution in [2.45, 2.75) is 6.54 Å². The van der Waals surface area contributed by atoms with Crippen molar-refractivity contribution in [3.05, 3.63) is 72.6 Å². The first kappa shape index (κ1) is 16.0. The Morgan fingerprint density at radius 1 is 1.08 bits per heavy atom. The van der Waals surface area contributed by atoms with Gasteiger partial charge in [0.05, 0.1) is 13.7 Å². The molecule has 0 saturated carbocycles. The van der Waals surface area contributed by atoms with Crippen molar-refractivity contribution in [2.24, 2.45) is 0 Å². The highest BCUT2D eigenvalue weighted by molar-refractivity contribution is 7.80. The minimum Gasteiger partial charge on any atom is -0.497 e. The van der Waals surface area contributed by atoms with E-state index >= 15 is 0 Å². The first-order chi connectivity index (χ1) is 11.7. The van der Waals surface area contributed by atoms with E-state index in [1.54, 1.807) is 13.3 Å². The highest BCUT2D eigenvalue weighted by Gasteiger charge is 2.02. The van der Waals surface area contributed by atoms with Gasteiger partial charge in [0.25, 0.3) is 0 Å². The van der Waals surface area contributed by atoms with Gasteiger partial charge in [-0.05, 0) is 60.2 Å². The van der Waals surface area contributed by atoms with Crippen molar-refractivity contribution in [1.29, 1.82) is 0 Å². The van der Waals surface area contributed by atoms with Crippen LogP contribution in [0.25, 0.3) is 0 Å². The van der Waals surface area contributed by atoms with Crippen molar-refractivity contribution >= 4 is 28.7 Å². The van der Waals surface area contributed by atoms with Crippen LogP contribution in [0, 0.1) is 0 Å². The fourth-order valence-electron chi connectivity index (χ4n) is 2.30. The molecule has 0 aliphatic rings. The van der Waals surface area contributed by atoms with Gasteiger partial charge in [-0.3, -0.25) is 4.68 Å². The van der Waals surface area contributed by atoms with Crippen LogP contribution in [0.3, 0.4) is 0 Å². The second-order valence-electron chi connectivity index (χ2n) is 5.21. The molecule has 2 N–H and O–H groups in total. The summed E-state index contributed by atoms with van der Waals surface area (Å²) < 4.78 is 7.02. The molecule has 0 atom stereocenters. The summed E-state index contributed by atoms with van der Waals surface area (Å²) in [6.07, 6.45) is 3.71. The van der Waals surface area contributed by atoms with Crippen LogP contribution >= 0.6 is 12.2 Å². The van der Waals surface area contributed by atoms with E-state index in [-0.39, 0.29) is 0 Å². The van der Waals surface area contributed by atoms with E-state index in [0.717, 1.165) is 29.2 Å². The summed E-state index contributed by atoms with van der Waals surface area (Å²) in [7, 11) is 1.64. The molecule has 5 nitrogen and oxygen atoms in total. The largest absolute Gasteiger partial charge is 0.497 e.